The molecule has 1 aliphatic rings. The van der Waals surface area contributed by atoms with Gasteiger partial charge in [0.2, 0.25) is 0 Å². The topological polar surface area (TPSA) is 24.9 Å². The molecule has 0 aliphatic heterocycles. The fourth-order valence-electron chi connectivity index (χ4n) is 1.92. The van der Waals surface area contributed by atoms with Crippen LogP contribution in [0.4, 0.5) is 5.82 Å². The van der Waals surface area contributed by atoms with Crippen LogP contribution in [0.5, 0.6) is 0 Å². The predicted molar refractivity (Wildman–Crippen MR) is 71.2 cm³/mol. The molecular formula is C13H19ClN2. The summed E-state index contributed by atoms with van der Waals surface area (Å²) in [5.41, 5.74) is 1.26. The summed E-state index contributed by atoms with van der Waals surface area (Å²) in [7, 11) is 0. The van der Waals surface area contributed by atoms with Crippen LogP contribution in [0.15, 0.2) is 30.5 Å². The molecule has 16 heavy (non-hydrogen) atoms. The number of aryl methyl sites for hydroxylation is 1. The Hall–Kier alpha value is -1.02. The van der Waals surface area contributed by atoms with E-state index in [1.165, 1.54) is 24.8 Å². The summed E-state index contributed by atoms with van der Waals surface area (Å²) in [6.45, 7) is 3.14. The van der Waals surface area contributed by atoms with Crippen LogP contribution in [0.1, 0.15) is 24.8 Å². The molecule has 3 heteroatoms. The molecule has 0 aromatic carbocycles. The van der Waals surface area contributed by atoms with Crippen molar-refractivity contribution in [2.45, 2.75) is 26.2 Å². The Morgan fingerprint density at radius 2 is 2.31 bits per heavy atom. The zero-order chi connectivity index (χ0) is 10.5. The number of rotatable bonds is 3. The highest BCUT2D eigenvalue weighted by atomic mass is 35.5. The second kappa shape index (κ2) is 6.54. The second-order valence-electron chi connectivity index (χ2n) is 4.25. The van der Waals surface area contributed by atoms with Crippen molar-refractivity contribution in [3.8, 4) is 0 Å². The van der Waals surface area contributed by atoms with Crippen LogP contribution in [-0.2, 0) is 0 Å². The lowest BCUT2D eigenvalue weighted by Gasteiger charge is -2.18. The third kappa shape index (κ3) is 3.86. The van der Waals surface area contributed by atoms with Gasteiger partial charge in [-0.1, -0.05) is 12.2 Å². The van der Waals surface area contributed by atoms with Crippen molar-refractivity contribution in [3.05, 3.63) is 36.0 Å². The minimum atomic E-state index is 0. The average Bonchev–Trinajstić information content (AvgIpc) is 2.28. The minimum absolute atomic E-state index is 0. The molecule has 1 heterocycles. The van der Waals surface area contributed by atoms with Crippen molar-refractivity contribution in [2.24, 2.45) is 5.92 Å². The Morgan fingerprint density at radius 1 is 1.44 bits per heavy atom. The maximum absolute atomic E-state index is 4.29. The Labute approximate surface area is 104 Å². The first kappa shape index (κ1) is 13.0. The number of nitrogens with one attached hydrogen (secondary N) is 1. The summed E-state index contributed by atoms with van der Waals surface area (Å²) >= 11 is 0. The van der Waals surface area contributed by atoms with E-state index in [4.69, 9.17) is 0 Å². The van der Waals surface area contributed by atoms with Crippen molar-refractivity contribution in [1.29, 1.82) is 0 Å². The fraction of sp³-hybridized carbons (Fsp3) is 0.462. The van der Waals surface area contributed by atoms with Gasteiger partial charge in [0.1, 0.15) is 5.82 Å². The summed E-state index contributed by atoms with van der Waals surface area (Å²) in [4.78, 5) is 4.29. The van der Waals surface area contributed by atoms with Crippen LogP contribution < -0.4 is 5.32 Å². The summed E-state index contributed by atoms with van der Waals surface area (Å²) in [5, 5.41) is 3.41. The third-order valence-corrected chi connectivity index (χ3v) is 2.86. The fourth-order valence-corrected chi connectivity index (χ4v) is 1.92. The molecular weight excluding hydrogens is 220 g/mol. The van der Waals surface area contributed by atoms with Gasteiger partial charge in [-0.2, -0.15) is 0 Å². The summed E-state index contributed by atoms with van der Waals surface area (Å²) in [6.07, 6.45) is 10.2. The van der Waals surface area contributed by atoms with Gasteiger partial charge in [-0.05, 0) is 49.8 Å². The van der Waals surface area contributed by atoms with E-state index < -0.39 is 0 Å². The van der Waals surface area contributed by atoms with Crippen molar-refractivity contribution in [2.75, 3.05) is 11.9 Å². The zero-order valence-electron chi connectivity index (χ0n) is 9.65. The normalized spacial score (nSPS) is 18.9. The summed E-state index contributed by atoms with van der Waals surface area (Å²) in [6, 6.07) is 4.12. The molecule has 0 amide bonds. The molecule has 1 atom stereocenters. The molecule has 2 nitrogen and oxygen atoms in total. The number of pyridine rings is 1. The molecule has 0 saturated carbocycles. The standard InChI is InChI=1S/C13H18N2.ClH/c1-11-7-8-14-13(9-11)15-10-12-5-3-2-4-6-12;/h2-3,7-9,12H,4-6,10H2,1H3,(H,14,15);1H. The molecule has 88 valence electrons. The number of hydrogen-bond acceptors (Lipinski definition) is 2. The zero-order valence-corrected chi connectivity index (χ0v) is 10.5. The van der Waals surface area contributed by atoms with Gasteiger partial charge >= 0.3 is 0 Å². The first-order valence-electron chi connectivity index (χ1n) is 5.66. The Morgan fingerprint density at radius 3 is 3.00 bits per heavy atom. The maximum atomic E-state index is 4.29. The van der Waals surface area contributed by atoms with Gasteiger partial charge < -0.3 is 5.32 Å². The predicted octanol–water partition coefficient (Wildman–Crippen LogP) is 3.58. The molecule has 0 radical (unpaired) electrons. The third-order valence-electron chi connectivity index (χ3n) is 2.86. The highest BCUT2D eigenvalue weighted by molar-refractivity contribution is 5.85. The first-order valence-corrected chi connectivity index (χ1v) is 5.66. The van der Waals surface area contributed by atoms with Crippen LogP contribution in [0.3, 0.4) is 0 Å². The molecule has 1 aromatic heterocycles. The van der Waals surface area contributed by atoms with E-state index in [-0.39, 0.29) is 12.4 Å². The molecule has 0 fully saturated rings. The molecule has 0 saturated heterocycles. The quantitative estimate of drug-likeness (QED) is 0.815. The van der Waals surface area contributed by atoms with E-state index >= 15 is 0 Å². The number of hydrogen-bond donors (Lipinski definition) is 1. The first-order chi connectivity index (χ1) is 7.34. The summed E-state index contributed by atoms with van der Waals surface area (Å²) in [5.74, 6) is 1.78. The number of nitrogens with zero attached hydrogens (tertiary/aromatic N) is 1. The van der Waals surface area contributed by atoms with Gasteiger partial charge in [0, 0.05) is 12.7 Å². The number of aromatic nitrogens is 1. The van der Waals surface area contributed by atoms with E-state index in [0.29, 0.717) is 0 Å². The van der Waals surface area contributed by atoms with Crippen LogP contribution in [-0.4, -0.2) is 11.5 Å². The van der Waals surface area contributed by atoms with Crippen molar-refractivity contribution in [1.82, 2.24) is 4.98 Å². The lowest BCUT2D eigenvalue weighted by Crippen LogP contribution is -2.15. The van der Waals surface area contributed by atoms with Crippen LogP contribution in [0.2, 0.25) is 0 Å². The largest absolute Gasteiger partial charge is 0.370 e. The van der Waals surface area contributed by atoms with Crippen molar-refractivity contribution < 1.29 is 0 Å². The SMILES string of the molecule is Cc1ccnc(NCC2CC=CCC2)c1.Cl. The van der Waals surface area contributed by atoms with Crippen molar-refractivity contribution >= 4 is 18.2 Å². The Balaban J connectivity index is 0.00000128. The van der Waals surface area contributed by atoms with E-state index in [9.17, 15) is 0 Å². The van der Waals surface area contributed by atoms with Gasteiger partial charge in [-0.15, -0.1) is 12.4 Å². The molecule has 0 bridgehead atoms. The maximum Gasteiger partial charge on any atom is 0.126 e. The van der Waals surface area contributed by atoms with E-state index in [0.717, 1.165) is 18.3 Å². The van der Waals surface area contributed by atoms with Gasteiger partial charge in [0.15, 0.2) is 0 Å². The highest BCUT2D eigenvalue weighted by Crippen LogP contribution is 2.18. The molecule has 0 spiro atoms. The molecule has 2 rings (SSSR count). The van der Waals surface area contributed by atoms with Gasteiger partial charge in [0.05, 0.1) is 0 Å². The molecule has 1 unspecified atom stereocenters. The lowest BCUT2D eigenvalue weighted by atomic mass is 9.94. The van der Waals surface area contributed by atoms with E-state index in [1.807, 2.05) is 12.3 Å². The summed E-state index contributed by atoms with van der Waals surface area (Å²) < 4.78 is 0. The smallest absolute Gasteiger partial charge is 0.126 e. The van der Waals surface area contributed by atoms with Gasteiger partial charge in [0.25, 0.3) is 0 Å². The van der Waals surface area contributed by atoms with Crippen molar-refractivity contribution in [3.63, 3.8) is 0 Å². The molecule has 1 aliphatic carbocycles. The van der Waals surface area contributed by atoms with E-state index in [1.54, 1.807) is 0 Å². The van der Waals surface area contributed by atoms with Gasteiger partial charge in [-0.3, -0.25) is 0 Å². The highest BCUT2D eigenvalue weighted by Gasteiger charge is 2.09. The molecule has 1 N–H and O–H groups in total. The minimum Gasteiger partial charge on any atom is -0.370 e. The monoisotopic (exact) mass is 238 g/mol. The number of anilines is 1. The Kier molecular flexibility index (Phi) is 5.33. The van der Waals surface area contributed by atoms with Crippen LogP contribution >= 0.6 is 12.4 Å². The molecule has 1 aromatic rings. The van der Waals surface area contributed by atoms with Gasteiger partial charge in [-0.25, -0.2) is 4.98 Å². The van der Waals surface area contributed by atoms with Crippen LogP contribution in [0.25, 0.3) is 0 Å². The van der Waals surface area contributed by atoms with E-state index in [2.05, 4.69) is 35.4 Å². The lowest BCUT2D eigenvalue weighted by molar-refractivity contribution is 0.503. The second-order valence-corrected chi connectivity index (χ2v) is 4.25. The van der Waals surface area contributed by atoms with Crippen LogP contribution in [0, 0.1) is 12.8 Å². The Bertz CT molecular complexity index is 350. The number of allylic oxidation sites excluding steroid dienone is 2. The average molecular weight is 239 g/mol. The number of halogens is 1.